The lowest BCUT2D eigenvalue weighted by Gasteiger charge is -2.21. The maximum atomic E-state index is 13.2. The van der Waals surface area contributed by atoms with Crippen LogP contribution in [0.15, 0.2) is 52.2 Å². The van der Waals surface area contributed by atoms with E-state index in [0.717, 1.165) is 25.7 Å². The van der Waals surface area contributed by atoms with Gasteiger partial charge in [-0.15, -0.1) is 0 Å². The minimum absolute atomic E-state index is 0.192. The number of rotatable bonds is 7. The molecular formula is C25H30N4O4S. The van der Waals surface area contributed by atoms with E-state index < -0.39 is 10.0 Å². The number of fused-ring (bicyclic) bond motifs is 1. The largest absolute Gasteiger partial charge is 0.326 e. The number of benzene rings is 2. The standard InChI is InChI=1S/C25H30N4O4S/c1-18-13-14-19(17-22(18)34(32,33)29-15-6-2-3-7-16-29)26-24(30)12-8-11-23-27-21-10-5-4-9-20(21)25(31)28-23/h4-5,9-10,13-14,17H,2-3,6-8,11-12,15-16H2,1H3,(H,26,30)(H,27,28,31). The first-order valence-electron chi connectivity index (χ1n) is 11.7. The van der Waals surface area contributed by atoms with E-state index >= 15 is 0 Å². The highest BCUT2D eigenvalue weighted by Crippen LogP contribution is 2.26. The van der Waals surface area contributed by atoms with Gasteiger partial charge in [0.2, 0.25) is 15.9 Å². The van der Waals surface area contributed by atoms with Gasteiger partial charge in [-0.25, -0.2) is 13.4 Å². The Kier molecular flexibility index (Phi) is 7.43. The predicted molar refractivity (Wildman–Crippen MR) is 132 cm³/mol. The number of aryl methyl sites for hydroxylation is 2. The average Bonchev–Trinajstić information content (AvgIpc) is 3.11. The molecule has 1 aliphatic heterocycles. The third-order valence-electron chi connectivity index (χ3n) is 6.13. The first-order chi connectivity index (χ1) is 16.3. The van der Waals surface area contributed by atoms with Crippen molar-refractivity contribution in [3.05, 3.63) is 64.2 Å². The molecule has 0 atom stereocenters. The summed E-state index contributed by atoms with van der Waals surface area (Å²) >= 11 is 0. The molecule has 0 aliphatic carbocycles. The number of nitrogens with zero attached hydrogens (tertiary/aromatic N) is 2. The molecule has 2 N–H and O–H groups in total. The van der Waals surface area contributed by atoms with Crippen LogP contribution in [0.25, 0.3) is 10.9 Å². The summed E-state index contributed by atoms with van der Waals surface area (Å²) < 4.78 is 28.0. The Morgan fingerprint density at radius 3 is 2.59 bits per heavy atom. The van der Waals surface area contributed by atoms with Crippen LogP contribution in [0.4, 0.5) is 5.69 Å². The number of carbonyl (C=O) groups is 1. The number of H-pyrrole nitrogens is 1. The Bertz CT molecular complexity index is 1340. The zero-order valence-corrected chi connectivity index (χ0v) is 20.2. The Balaban J connectivity index is 1.39. The molecule has 3 aromatic rings. The maximum absolute atomic E-state index is 13.2. The molecule has 1 aliphatic rings. The zero-order valence-electron chi connectivity index (χ0n) is 19.3. The van der Waals surface area contributed by atoms with Gasteiger partial charge in [0.1, 0.15) is 5.82 Å². The number of amides is 1. The lowest BCUT2D eigenvalue weighted by Crippen LogP contribution is -2.32. The van der Waals surface area contributed by atoms with Crippen LogP contribution in [0.5, 0.6) is 0 Å². The van der Waals surface area contributed by atoms with E-state index in [2.05, 4.69) is 15.3 Å². The molecule has 1 amide bonds. The van der Waals surface area contributed by atoms with Crippen LogP contribution < -0.4 is 10.9 Å². The Morgan fingerprint density at radius 2 is 1.82 bits per heavy atom. The second kappa shape index (κ2) is 10.5. The molecule has 2 aromatic carbocycles. The van der Waals surface area contributed by atoms with Crippen molar-refractivity contribution in [1.82, 2.24) is 14.3 Å². The molecule has 180 valence electrons. The van der Waals surface area contributed by atoms with Gasteiger partial charge in [-0.2, -0.15) is 4.31 Å². The molecule has 0 saturated carbocycles. The molecule has 2 heterocycles. The van der Waals surface area contributed by atoms with Crippen molar-refractivity contribution in [3.8, 4) is 0 Å². The van der Waals surface area contributed by atoms with E-state index in [0.29, 0.717) is 53.9 Å². The van der Waals surface area contributed by atoms with Crippen LogP contribution in [0.1, 0.15) is 49.9 Å². The molecule has 0 spiro atoms. The lowest BCUT2D eigenvalue weighted by atomic mass is 10.2. The molecule has 1 aromatic heterocycles. The Labute approximate surface area is 199 Å². The minimum Gasteiger partial charge on any atom is -0.326 e. The fraction of sp³-hybridized carbons (Fsp3) is 0.400. The van der Waals surface area contributed by atoms with Crippen molar-refractivity contribution in [3.63, 3.8) is 0 Å². The average molecular weight is 483 g/mol. The summed E-state index contributed by atoms with van der Waals surface area (Å²) in [6.45, 7) is 2.83. The highest BCUT2D eigenvalue weighted by atomic mass is 32.2. The SMILES string of the molecule is Cc1ccc(NC(=O)CCCc2nc3ccccc3c(=O)[nH]2)cc1S(=O)(=O)N1CCCCCC1. The number of nitrogens with one attached hydrogen (secondary N) is 2. The number of para-hydroxylation sites is 1. The van der Waals surface area contributed by atoms with Gasteiger partial charge in [0.05, 0.1) is 15.8 Å². The van der Waals surface area contributed by atoms with Crippen molar-refractivity contribution in [2.45, 2.75) is 56.8 Å². The lowest BCUT2D eigenvalue weighted by molar-refractivity contribution is -0.116. The van der Waals surface area contributed by atoms with E-state index in [1.807, 2.05) is 6.07 Å². The minimum atomic E-state index is -3.61. The molecule has 0 bridgehead atoms. The van der Waals surface area contributed by atoms with E-state index in [9.17, 15) is 18.0 Å². The van der Waals surface area contributed by atoms with Gasteiger partial charge in [0, 0.05) is 31.6 Å². The van der Waals surface area contributed by atoms with Crippen molar-refractivity contribution in [1.29, 1.82) is 0 Å². The molecular weight excluding hydrogens is 452 g/mol. The molecule has 34 heavy (non-hydrogen) atoms. The summed E-state index contributed by atoms with van der Waals surface area (Å²) in [5, 5.41) is 3.35. The van der Waals surface area contributed by atoms with Crippen LogP contribution in [0, 0.1) is 6.92 Å². The van der Waals surface area contributed by atoms with Gasteiger partial charge in [-0.3, -0.25) is 9.59 Å². The van der Waals surface area contributed by atoms with E-state index in [4.69, 9.17) is 0 Å². The number of sulfonamides is 1. The fourth-order valence-electron chi connectivity index (χ4n) is 4.27. The molecule has 9 heteroatoms. The van der Waals surface area contributed by atoms with Crippen molar-refractivity contribution >= 4 is 32.5 Å². The van der Waals surface area contributed by atoms with Crippen molar-refractivity contribution in [2.75, 3.05) is 18.4 Å². The monoisotopic (exact) mass is 482 g/mol. The van der Waals surface area contributed by atoms with Crippen LogP contribution in [-0.4, -0.2) is 41.7 Å². The first-order valence-corrected chi connectivity index (χ1v) is 13.2. The third kappa shape index (κ3) is 5.53. The molecule has 1 fully saturated rings. The number of aromatic amines is 1. The molecule has 4 rings (SSSR count). The smallest absolute Gasteiger partial charge is 0.258 e. The van der Waals surface area contributed by atoms with Crippen molar-refractivity contribution in [2.24, 2.45) is 0 Å². The van der Waals surface area contributed by atoms with Gasteiger partial charge in [0.15, 0.2) is 0 Å². The normalized spacial score (nSPS) is 15.2. The summed E-state index contributed by atoms with van der Waals surface area (Å²) in [6.07, 6.45) is 5.00. The summed E-state index contributed by atoms with van der Waals surface area (Å²) in [5.74, 6) is 0.322. The van der Waals surface area contributed by atoms with Crippen LogP contribution in [-0.2, 0) is 21.2 Å². The highest BCUT2D eigenvalue weighted by Gasteiger charge is 2.27. The first kappa shape index (κ1) is 24.1. The second-order valence-electron chi connectivity index (χ2n) is 8.73. The Morgan fingerprint density at radius 1 is 1.09 bits per heavy atom. The van der Waals surface area contributed by atoms with Crippen LogP contribution in [0.2, 0.25) is 0 Å². The van der Waals surface area contributed by atoms with E-state index in [1.54, 1.807) is 47.6 Å². The van der Waals surface area contributed by atoms with E-state index in [-0.39, 0.29) is 22.8 Å². The van der Waals surface area contributed by atoms with Crippen LogP contribution in [0.3, 0.4) is 0 Å². The quantitative estimate of drug-likeness (QED) is 0.533. The van der Waals surface area contributed by atoms with Crippen molar-refractivity contribution < 1.29 is 13.2 Å². The highest BCUT2D eigenvalue weighted by molar-refractivity contribution is 7.89. The second-order valence-corrected chi connectivity index (χ2v) is 10.6. The number of aromatic nitrogens is 2. The summed E-state index contributed by atoms with van der Waals surface area (Å²) in [4.78, 5) is 32.2. The van der Waals surface area contributed by atoms with Crippen LogP contribution >= 0.6 is 0 Å². The van der Waals surface area contributed by atoms with E-state index in [1.165, 1.54) is 0 Å². The molecule has 1 saturated heterocycles. The maximum Gasteiger partial charge on any atom is 0.258 e. The Hall–Kier alpha value is -3.04. The number of carbonyl (C=O) groups excluding carboxylic acids is 1. The summed E-state index contributed by atoms with van der Waals surface area (Å²) in [5.41, 5.74) is 1.56. The molecule has 8 nitrogen and oxygen atoms in total. The number of hydrogen-bond acceptors (Lipinski definition) is 5. The summed E-state index contributed by atoms with van der Waals surface area (Å²) in [7, 11) is -3.61. The predicted octanol–water partition coefficient (Wildman–Crippen LogP) is 3.76. The topological polar surface area (TPSA) is 112 Å². The number of anilines is 1. The zero-order chi connectivity index (χ0) is 24.1. The summed E-state index contributed by atoms with van der Waals surface area (Å²) in [6, 6.07) is 12.1. The third-order valence-corrected chi connectivity index (χ3v) is 8.17. The van der Waals surface area contributed by atoms with Gasteiger partial charge < -0.3 is 10.3 Å². The van der Waals surface area contributed by atoms with Gasteiger partial charge in [0.25, 0.3) is 5.56 Å². The fourth-order valence-corrected chi connectivity index (χ4v) is 6.04. The number of hydrogen-bond donors (Lipinski definition) is 2. The van der Waals surface area contributed by atoms with Gasteiger partial charge >= 0.3 is 0 Å². The van der Waals surface area contributed by atoms with Gasteiger partial charge in [-0.1, -0.05) is 31.0 Å². The molecule has 0 unspecified atom stereocenters. The van der Waals surface area contributed by atoms with Gasteiger partial charge in [-0.05, 0) is 56.0 Å². The molecule has 0 radical (unpaired) electrons.